The highest BCUT2D eigenvalue weighted by Crippen LogP contribution is 2.12. The minimum absolute atomic E-state index is 0.178. The predicted octanol–water partition coefficient (Wildman–Crippen LogP) is 4.18. The van der Waals surface area contributed by atoms with E-state index in [1.165, 1.54) is 44.9 Å². The van der Waals surface area contributed by atoms with Gasteiger partial charge in [-0.05, 0) is 80.6 Å². The van der Waals surface area contributed by atoms with Crippen LogP contribution in [-0.2, 0) is 4.74 Å². The molecule has 0 saturated carbocycles. The van der Waals surface area contributed by atoms with Gasteiger partial charge in [0.05, 0.1) is 0 Å². The van der Waals surface area contributed by atoms with Crippen molar-refractivity contribution in [2.75, 3.05) is 20.1 Å². The molecule has 24 heavy (non-hydrogen) atoms. The van der Waals surface area contributed by atoms with Crippen LogP contribution in [0.1, 0.15) is 79.6 Å². The van der Waals surface area contributed by atoms with Gasteiger partial charge in [-0.15, -0.1) is 0 Å². The maximum absolute atomic E-state index is 5.71. The van der Waals surface area contributed by atoms with E-state index in [0.717, 1.165) is 13.1 Å². The normalized spacial score (nSPS) is 14.2. The van der Waals surface area contributed by atoms with Gasteiger partial charge in [-0.3, -0.25) is 0 Å². The summed E-state index contributed by atoms with van der Waals surface area (Å²) in [5.41, 5.74) is -0.178. The third-order valence-corrected chi connectivity index (χ3v) is 4.07. The van der Waals surface area contributed by atoms with Crippen LogP contribution >= 0.6 is 0 Å². The third-order valence-electron chi connectivity index (χ3n) is 4.07. The fourth-order valence-corrected chi connectivity index (χ4v) is 2.56. The van der Waals surface area contributed by atoms with E-state index < -0.39 is 0 Å². The monoisotopic (exact) mass is 341 g/mol. The lowest BCUT2D eigenvalue weighted by Gasteiger charge is -2.25. The molecule has 0 aliphatic rings. The lowest BCUT2D eigenvalue weighted by molar-refractivity contribution is 0.0386. The zero-order valence-corrected chi connectivity index (χ0v) is 17.1. The fourth-order valence-electron chi connectivity index (χ4n) is 2.56. The minimum atomic E-state index is -0.178. The second-order valence-corrected chi connectivity index (χ2v) is 7.97. The average molecular weight is 342 g/mol. The van der Waals surface area contributed by atoms with Gasteiger partial charge in [0.25, 0.3) is 0 Å². The molecular weight excluding hydrogens is 298 g/mol. The number of nitrogens with one attached hydrogen (secondary N) is 3. The standard InChI is InChI=1S/C20H43N3O/c1-17(21-7)14-16-22-15-12-10-8-9-11-13-18(2)23-19(3)24-20(4,5)6/h17-18,21-23H,3,8-16H2,1-2,4-7H3. The zero-order valence-electron chi connectivity index (χ0n) is 17.1. The molecule has 0 fully saturated rings. The van der Waals surface area contributed by atoms with E-state index in [1.54, 1.807) is 0 Å². The molecule has 0 aliphatic carbocycles. The van der Waals surface area contributed by atoms with Crippen LogP contribution in [0.2, 0.25) is 0 Å². The summed E-state index contributed by atoms with van der Waals surface area (Å²) < 4.78 is 5.71. The van der Waals surface area contributed by atoms with E-state index in [0.29, 0.717) is 18.0 Å². The topological polar surface area (TPSA) is 45.3 Å². The molecule has 0 radical (unpaired) electrons. The summed E-state index contributed by atoms with van der Waals surface area (Å²) in [6, 6.07) is 1.04. The van der Waals surface area contributed by atoms with Gasteiger partial charge < -0.3 is 20.7 Å². The van der Waals surface area contributed by atoms with Gasteiger partial charge in [-0.1, -0.05) is 25.7 Å². The van der Waals surface area contributed by atoms with Crippen molar-refractivity contribution in [3.05, 3.63) is 12.5 Å². The van der Waals surface area contributed by atoms with Crippen LogP contribution in [0.4, 0.5) is 0 Å². The lowest BCUT2D eigenvalue weighted by atomic mass is 10.1. The average Bonchev–Trinajstić information content (AvgIpc) is 2.46. The molecule has 4 nitrogen and oxygen atoms in total. The van der Waals surface area contributed by atoms with Gasteiger partial charge in [0, 0.05) is 12.1 Å². The quantitative estimate of drug-likeness (QED) is 0.309. The Hall–Kier alpha value is -0.740. The SMILES string of the molecule is C=C(NC(C)CCCCCCCNCCC(C)NC)OC(C)(C)C. The Morgan fingerprint density at radius 2 is 1.54 bits per heavy atom. The van der Waals surface area contributed by atoms with Crippen molar-refractivity contribution in [1.82, 2.24) is 16.0 Å². The van der Waals surface area contributed by atoms with E-state index in [9.17, 15) is 0 Å². The van der Waals surface area contributed by atoms with Gasteiger partial charge in [-0.25, -0.2) is 0 Å². The second-order valence-electron chi connectivity index (χ2n) is 7.97. The van der Waals surface area contributed by atoms with Crippen LogP contribution in [0.15, 0.2) is 12.5 Å². The third kappa shape index (κ3) is 16.1. The van der Waals surface area contributed by atoms with E-state index in [4.69, 9.17) is 4.74 Å². The molecule has 0 saturated heterocycles. The molecule has 0 aromatic rings. The molecular formula is C20H43N3O. The molecule has 0 bridgehead atoms. The largest absolute Gasteiger partial charge is 0.474 e. The Kier molecular flexibility index (Phi) is 13.1. The minimum Gasteiger partial charge on any atom is -0.474 e. The van der Waals surface area contributed by atoms with Crippen molar-refractivity contribution in [2.24, 2.45) is 0 Å². The highest BCUT2D eigenvalue weighted by molar-refractivity contribution is 4.85. The van der Waals surface area contributed by atoms with Crippen molar-refractivity contribution in [3.8, 4) is 0 Å². The molecule has 2 atom stereocenters. The molecule has 144 valence electrons. The summed E-state index contributed by atoms with van der Waals surface area (Å²) in [6.45, 7) is 16.8. The summed E-state index contributed by atoms with van der Waals surface area (Å²) >= 11 is 0. The summed E-state index contributed by atoms with van der Waals surface area (Å²) in [6.07, 6.45) is 8.91. The van der Waals surface area contributed by atoms with Gasteiger partial charge >= 0.3 is 0 Å². The molecule has 0 heterocycles. The first kappa shape index (κ1) is 23.3. The Morgan fingerprint density at radius 3 is 2.17 bits per heavy atom. The van der Waals surface area contributed by atoms with Gasteiger partial charge in [0.15, 0.2) is 5.88 Å². The maximum atomic E-state index is 5.71. The lowest BCUT2D eigenvalue weighted by Crippen LogP contribution is -2.30. The molecule has 0 aromatic carbocycles. The molecule has 0 aromatic heterocycles. The van der Waals surface area contributed by atoms with E-state index in [1.807, 2.05) is 27.8 Å². The van der Waals surface area contributed by atoms with Gasteiger partial charge in [-0.2, -0.15) is 0 Å². The highest BCUT2D eigenvalue weighted by Gasteiger charge is 2.13. The maximum Gasteiger partial charge on any atom is 0.180 e. The molecule has 0 spiro atoms. The van der Waals surface area contributed by atoms with E-state index in [2.05, 4.69) is 36.4 Å². The zero-order chi connectivity index (χ0) is 18.4. The predicted molar refractivity (Wildman–Crippen MR) is 106 cm³/mol. The van der Waals surface area contributed by atoms with Crippen LogP contribution < -0.4 is 16.0 Å². The van der Waals surface area contributed by atoms with Gasteiger partial charge in [0.1, 0.15) is 5.60 Å². The smallest absolute Gasteiger partial charge is 0.180 e. The summed E-state index contributed by atoms with van der Waals surface area (Å²) in [5, 5.41) is 10.1. The van der Waals surface area contributed by atoms with Crippen LogP contribution in [-0.4, -0.2) is 37.8 Å². The number of ether oxygens (including phenoxy) is 1. The van der Waals surface area contributed by atoms with Crippen molar-refractivity contribution < 1.29 is 4.74 Å². The molecule has 3 N–H and O–H groups in total. The molecule has 2 unspecified atom stereocenters. The Bertz CT molecular complexity index is 312. The fraction of sp³-hybridized carbons (Fsp3) is 0.900. The molecule has 0 aliphatic heterocycles. The first-order valence-corrected chi connectivity index (χ1v) is 9.77. The number of rotatable bonds is 15. The first-order chi connectivity index (χ1) is 11.2. The number of hydrogen-bond acceptors (Lipinski definition) is 4. The van der Waals surface area contributed by atoms with Crippen molar-refractivity contribution in [3.63, 3.8) is 0 Å². The summed E-state index contributed by atoms with van der Waals surface area (Å²) in [4.78, 5) is 0. The van der Waals surface area contributed by atoms with Crippen LogP contribution in [0, 0.1) is 0 Å². The first-order valence-electron chi connectivity index (χ1n) is 9.77. The van der Waals surface area contributed by atoms with Crippen molar-refractivity contribution in [2.45, 2.75) is 97.2 Å². The Balaban J connectivity index is 3.39. The van der Waals surface area contributed by atoms with Crippen molar-refractivity contribution in [1.29, 1.82) is 0 Å². The molecule has 0 rings (SSSR count). The molecule has 0 amide bonds. The second kappa shape index (κ2) is 13.5. The van der Waals surface area contributed by atoms with Crippen LogP contribution in [0.5, 0.6) is 0 Å². The Morgan fingerprint density at radius 1 is 0.917 bits per heavy atom. The number of unbranched alkanes of at least 4 members (excludes halogenated alkanes) is 4. The summed E-state index contributed by atoms with van der Waals surface area (Å²) in [5.74, 6) is 0.689. The van der Waals surface area contributed by atoms with Crippen LogP contribution in [0.25, 0.3) is 0 Å². The van der Waals surface area contributed by atoms with E-state index in [-0.39, 0.29) is 5.60 Å². The highest BCUT2D eigenvalue weighted by atomic mass is 16.5. The molecule has 4 heteroatoms. The van der Waals surface area contributed by atoms with E-state index >= 15 is 0 Å². The number of hydrogen-bond donors (Lipinski definition) is 3. The van der Waals surface area contributed by atoms with Gasteiger partial charge in [0.2, 0.25) is 0 Å². The van der Waals surface area contributed by atoms with Crippen LogP contribution in [0.3, 0.4) is 0 Å². The van der Waals surface area contributed by atoms with Crippen molar-refractivity contribution >= 4 is 0 Å². The Labute approximate surface area is 151 Å². The summed E-state index contributed by atoms with van der Waals surface area (Å²) in [7, 11) is 2.02.